The summed E-state index contributed by atoms with van der Waals surface area (Å²) >= 11 is 5.60. The van der Waals surface area contributed by atoms with Gasteiger partial charge in [-0.05, 0) is 50.5 Å². The van der Waals surface area contributed by atoms with E-state index >= 15 is 0 Å². The number of hydrogen-bond donors (Lipinski definition) is 1. The molecule has 2 fully saturated rings. The van der Waals surface area contributed by atoms with Crippen molar-refractivity contribution in [3.8, 4) is 0 Å². The van der Waals surface area contributed by atoms with Crippen molar-refractivity contribution in [2.75, 3.05) is 30.0 Å². The fraction of sp³-hybridized carbons (Fsp3) is 0.588. The summed E-state index contributed by atoms with van der Waals surface area (Å²) < 4.78 is 29.5. The van der Waals surface area contributed by atoms with Crippen LogP contribution in [0.5, 0.6) is 0 Å². The number of ether oxygens (including phenoxy) is 1. The van der Waals surface area contributed by atoms with E-state index in [0.717, 1.165) is 25.1 Å². The van der Waals surface area contributed by atoms with Gasteiger partial charge in [-0.25, -0.2) is 8.42 Å². The Morgan fingerprint density at radius 1 is 1.33 bits per heavy atom. The van der Waals surface area contributed by atoms with Gasteiger partial charge in [0.15, 0.2) is 14.9 Å². The maximum Gasteiger partial charge on any atom is 0.173 e. The number of thiocarbonyl (C=S) groups is 1. The molecule has 2 aliphatic heterocycles. The van der Waals surface area contributed by atoms with E-state index in [4.69, 9.17) is 17.0 Å². The zero-order valence-corrected chi connectivity index (χ0v) is 15.5. The van der Waals surface area contributed by atoms with Crippen LogP contribution in [-0.2, 0) is 14.6 Å². The molecular formula is C17H24N2O3S2. The van der Waals surface area contributed by atoms with Crippen molar-refractivity contribution in [2.45, 2.75) is 38.3 Å². The maximum absolute atomic E-state index is 11.9. The molecule has 0 aromatic heterocycles. The summed E-state index contributed by atoms with van der Waals surface area (Å²) in [5, 5.41) is 3.83. The zero-order chi connectivity index (χ0) is 17.2. The number of aryl methyl sites for hydroxylation is 1. The van der Waals surface area contributed by atoms with E-state index < -0.39 is 9.84 Å². The van der Waals surface area contributed by atoms with Gasteiger partial charge in [-0.3, -0.25) is 0 Å². The molecular weight excluding hydrogens is 344 g/mol. The predicted octanol–water partition coefficient (Wildman–Crippen LogP) is 2.36. The SMILES string of the molecule is Cc1ccc(NC(=S)N(C[C@H]2CCCO2)[C@H]2CCS(=O)(=O)C2)cc1. The van der Waals surface area contributed by atoms with E-state index in [1.807, 2.05) is 36.1 Å². The molecule has 1 aromatic rings. The summed E-state index contributed by atoms with van der Waals surface area (Å²) in [7, 11) is -2.96. The van der Waals surface area contributed by atoms with Gasteiger partial charge in [0.05, 0.1) is 17.6 Å². The zero-order valence-electron chi connectivity index (χ0n) is 13.9. The second-order valence-corrected chi connectivity index (χ2v) is 9.26. The minimum Gasteiger partial charge on any atom is -0.376 e. The van der Waals surface area contributed by atoms with Gasteiger partial charge < -0.3 is 15.0 Å². The molecule has 2 saturated heterocycles. The Bertz CT molecular complexity index is 682. The smallest absolute Gasteiger partial charge is 0.173 e. The Balaban J connectivity index is 1.72. The summed E-state index contributed by atoms with van der Waals surface area (Å²) in [5.74, 6) is 0.419. The summed E-state index contributed by atoms with van der Waals surface area (Å²) in [5.41, 5.74) is 2.10. The van der Waals surface area contributed by atoms with Gasteiger partial charge >= 0.3 is 0 Å². The van der Waals surface area contributed by atoms with Gasteiger partial charge in [-0.15, -0.1) is 0 Å². The quantitative estimate of drug-likeness (QED) is 0.824. The van der Waals surface area contributed by atoms with Crippen molar-refractivity contribution in [1.82, 2.24) is 4.90 Å². The number of anilines is 1. The molecule has 1 N–H and O–H groups in total. The van der Waals surface area contributed by atoms with Crippen LogP contribution in [0.4, 0.5) is 5.69 Å². The fourth-order valence-corrected chi connectivity index (χ4v) is 5.33. The lowest BCUT2D eigenvalue weighted by atomic mass is 10.2. The monoisotopic (exact) mass is 368 g/mol. The first-order valence-electron chi connectivity index (χ1n) is 8.39. The highest BCUT2D eigenvalue weighted by molar-refractivity contribution is 7.91. The van der Waals surface area contributed by atoms with E-state index in [-0.39, 0.29) is 23.7 Å². The molecule has 2 aliphatic rings. The third kappa shape index (κ3) is 4.46. The van der Waals surface area contributed by atoms with Crippen molar-refractivity contribution >= 4 is 32.9 Å². The van der Waals surface area contributed by atoms with Crippen LogP contribution >= 0.6 is 12.2 Å². The largest absolute Gasteiger partial charge is 0.376 e. The van der Waals surface area contributed by atoms with E-state index in [2.05, 4.69) is 5.32 Å². The van der Waals surface area contributed by atoms with Crippen LogP contribution in [0.25, 0.3) is 0 Å². The van der Waals surface area contributed by atoms with Crippen molar-refractivity contribution in [1.29, 1.82) is 0 Å². The summed E-state index contributed by atoms with van der Waals surface area (Å²) in [6, 6.07) is 7.95. The standard InChI is InChI=1S/C17H24N2O3S2/c1-13-4-6-14(7-5-13)18-17(23)19(11-16-3-2-9-22-16)15-8-10-24(20,21)12-15/h4-7,15-16H,2-3,8-12H2,1H3,(H,18,23)/t15-,16+/m0/s1. The van der Waals surface area contributed by atoms with Gasteiger partial charge in [0, 0.05) is 24.9 Å². The maximum atomic E-state index is 11.9. The number of nitrogens with one attached hydrogen (secondary N) is 1. The number of benzene rings is 1. The Morgan fingerprint density at radius 3 is 2.67 bits per heavy atom. The van der Waals surface area contributed by atoms with Gasteiger partial charge in [-0.2, -0.15) is 0 Å². The lowest BCUT2D eigenvalue weighted by molar-refractivity contribution is 0.0851. The Morgan fingerprint density at radius 2 is 2.08 bits per heavy atom. The van der Waals surface area contributed by atoms with Gasteiger partial charge in [-0.1, -0.05) is 17.7 Å². The highest BCUT2D eigenvalue weighted by Crippen LogP contribution is 2.22. The summed E-state index contributed by atoms with van der Waals surface area (Å²) in [6.07, 6.45) is 2.82. The number of rotatable bonds is 4. The molecule has 0 radical (unpaired) electrons. The van der Waals surface area contributed by atoms with Gasteiger partial charge in [0.25, 0.3) is 0 Å². The molecule has 5 nitrogen and oxygen atoms in total. The van der Waals surface area contributed by atoms with Crippen LogP contribution < -0.4 is 5.32 Å². The second-order valence-electron chi connectivity index (χ2n) is 6.64. The molecule has 24 heavy (non-hydrogen) atoms. The van der Waals surface area contributed by atoms with Crippen molar-refractivity contribution in [3.05, 3.63) is 29.8 Å². The van der Waals surface area contributed by atoms with Crippen LogP contribution in [0.1, 0.15) is 24.8 Å². The molecule has 2 heterocycles. The fourth-order valence-electron chi connectivity index (χ4n) is 3.26. The Hall–Kier alpha value is -1.18. The van der Waals surface area contributed by atoms with E-state index in [0.29, 0.717) is 18.1 Å². The van der Waals surface area contributed by atoms with Gasteiger partial charge in [0.2, 0.25) is 0 Å². The number of nitrogens with zero attached hydrogens (tertiary/aromatic N) is 1. The van der Waals surface area contributed by atoms with Crippen molar-refractivity contribution in [2.24, 2.45) is 0 Å². The van der Waals surface area contributed by atoms with Crippen LogP contribution in [0, 0.1) is 6.92 Å². The highest BCUT2D eigenvalue weighted by atomic mass is 32.2. The molecule has 1 aromatic carbocycles. The number of hydrogen-bond acceptors (Lipinski definition) is 4. The second kappa shape index (κ2) is 7.37. The van der Waals surface area contributed by atoms with E-state index in [9.17, 15) is 8.42 Å². The third-order valence-electron chi connectivity index (χ3n) is 4.64. The van der Waals surface area contributed by atoms with Crippen LogP contribution in [0.2, 0.25) is 0 Å². The topological polar surface area (TPSA) is 58.6 Å². The van der Waals surface area contributed by atoms with Gasteiger partial charge in [0.1, 0.15) is 0 Å². The molecule has 0 amide bonds. The van der Waals surface area contributed by atoms with Crippen LogP contribution in [0.3, 0.4) is 0 Å². The van der Waals surface area contributed by atoms with E-state index in [1.165, 1.54) is 5.56 Å². The normalized spacial score (nSPS) is 25.5. The van der Waals surface area contributed by atoms with Crippen molar-refractivity contribution in [3.63, 3.8) is 0 Å². The summed E-state index contributed by atoms with van der Waals surface area (Å²) in [4.78, 5) is 2.02. The molecule has 3 rings (SSSR count). The summed E-state index contributed by atoms with van der Waals surface area (Å²) in [6.45, 7) is 3.47. The lowest BCUT2D eigenvalue weighted by Gasteiger charge is -2.33. The lowest BCUT2D eigenvalue weighted by Crippen LogP contribution is -2.47. The Labute approximate surface area is 149 Å². The van der Waals surface area contributed by atoms with E-state index in [1.54, 1.807) is 0 Å². The molecule has 132 valence electrons. The minimum atomic E-state index is -2.96. The first-order valence-corrected chi connectivity index (χ1v) is 10.6. The average Bonchev–Trinajstić information content (AvgIpc) is 3.16. The molecule has 7 heteroatoms. The Kier molecular flexibility index (Phi) is 5.42. The number of sulfone groups is 1. The molecule has 0 spiro atoms. The van der Waals surface area contributed by atoms with Crippen molar-refractivity contribution < 1.29 is 13.2 Å². The first-order chi connectivity index (χ1) is 11.4. The first kappa shape index (κ1) is 17.6. The highest BCUT2D eigenvalue weighted by Gasteiger charge is 2.35. The molecule has 2 atom stereocenters. The molecule has 0 bridgehead atoms. The predicted molar refractivity (Wildman–Crippen MR) is 100 cm³/mol. The molecule has 0 unspecified atom stereocenters. The molecule has 0 saturated carbocycles. The minimum absolute atomic E-state index is 0.0651. The average molecular weight is 369 g/mol. The van der Waals surface area contributed by atoms with Crippen LogP contribution in [-0.4, -0.2) is 55.2 Å². The third-order valence-corrected chi connectivity index (χ3v) is 6.72. The van der Waals surface area contributed by atoms with Crippen LogP contribution in [0.15, 0.2) is 24.3 Å². The molecule has 0 aliphatic carbocycles.